The van der Waals surface area contributed by atoms with Gasteiger partial charge in [0.05, 0.1) is 24.3 Å². The van der Waals surface area contributed by atoms with E-state index in [-0.39, 0.29) is 11.8 Å². The van der Waals surface area contributed by atoms with Crippen LogP contribution in [0.3, 0.4) is 0 Å². The van der Waals surface area contributed by atoms with Gasteiger partial charge in [0.25, 0.3) is 11.8 Å². The SMILES string of the molecule is COCCOc1ccc(Br)cc1C(=O)Nc1ccc(Oc2ccc(NC(=O)c3cc(Br)ccc3OCCOC)cc2)cc1. The Labute approximate surface area is 266 Å². The highest BCUT2D eigenvalue weighted by molar-refractivity contribution is 9.10. The maximum atomic E-state index is 13.0. The number of amides is 2. The highest BCUT2D eigenvalue weighted by Gasteiger charge is 2.15. The van der Waals surface area contributed by atoms with Crippen molar-refractivity contribution in [2.75, 3.05) is 51.3 Å². The van der Waals surface area contributed by atoms with Crippen molar-refractivity contribution in [2.24, 2.45) is 0 Å². The van der Waals surface area contributed by atoms with E-state index in [0.29, 0.717) is 71.9 Å². The summed E-state index contributed by atoms with van der Waals surface area (Å²) < 4.78 is 28.9. The average molecular weight is 714 g/mol. The van der Waals surface area contributed by atoms with Gasteiger partial charge >= 0.3 is 0 Å². The number of rotatable bonds is 14. The molecule has 0 atom stereocenters. The van der Waals surface area contributed by atoms with Gasteiger partial charge in [-0.3, -0.25) is 9.59 Å². The number of carbonyl (C=O) groups excluding carboxylic acids is 2. The van der Waals surface area contributed by atoms with Crippen LogP contribution in [0.25, 0.3) is 0 Å². The van der Waals surface area contributed by atoms with Gasteiger partial charge < -0.3 is 34.3 Å². The van der Waals surface area contributed by atoms with Gasteiger partial charge in [0.15, 0.2) is 0 Å². The van der Waals surface area contributed by atoms with Crippen LogP contribution < -0.4 is 24.8 Å². The monoisotopic (exact) mass is 712 g/mol. The molecule has 2 amide bonds. The minimum absolute atomic E-state index is 0.309. The standard InChI is InChI=1S/C32H30Br2N2O7/c1-39-15-17-41-29-13-3-21(33)19-27(29)31(37)35-23-5-9-25(10-6-23)43-26-11-7-24(8-12-26)36-32(38)28-20-22(34)4-14-30(28)42-18-16-40-2/h3-14,19-20H,15-18H2,1-2H3,(H,35,37)(H,36,38). The summed E-state index contributed by atoms with van der Waals surface area (Å²) in [5, 5.41) is 5.77. The number of hydrogen-bond donors (Lipinski definition) is 2. The van der Waals surface area contributed by atoms with Crippen molar-refractivity contribution in [3.8, 4) is 23.0 Å². The predicted octanol–water partition coefficient (Wildman–Crippen LogP) is 7.56. The summed E-state index contributed by atoms with van der Waals surface area (Å²) in [6.07, 6.45) is 0. The molecule has 0 heterocycles. The molecule has 4 rings (SSSR count). The summed E-state index contributed by atoms with van der Waals surface area (Å²) >= 11 is 6.81. The molecule has 224 valence electrons. The van der Waals surface area contributed by atoms with E-state index in [1.165, 1.54) is 0 Å². The predicted molar refractivity (Wildman–Crippen MR) is 172 cm³/mol. The number of benzene rings is 4. The van der Waals surface area contributed by atoms with Crippen molar-refractivity contribution < 1.29 is 33.3 Å². The van der Waals surface area contributed by atoms with Crippen LogP contribution in [0.4, 0.5) is 11.4 Å². The second-order valence-electron chi connectivity index (χ2n) is 9.02. The van der Waals surface area contributed by atoms with Crippen molar-refractivity contribution in [2.45, 2.75) is 0 Å². The molecule has 0 bridgehead atoms. The fourth-order valence-electron chi connectivity index (χ4n) is 3.83. The van der Waals surface area contributed by atoms with E-state index in [4.69, 9.17) is 23.7 Å². The van der Waals surface area contributed by atoms with Crippen LogP contribution in [-0.4, -0.2) is 52.5 Å². The highest BCUT2D eigenvalue weighted by Crippen LogP contribution is 2.28. The number of ether oxygens (including phenoxy) is 5. The maximum absolute atomic E-state index is 13.0. The molecule has 43 heavy (non-hydrogen) atoms. The Hall–Kier alpha value is -3.90. The van der Waals surface area contributed by atoms with Gasteiger partial charge in [0.1, 0.15) is 36.2 Å². The smallest absolute Gasteiger partial charge is 0.259 e. The summed E-state index contributed by atoms with van der Waals surface area (Å²) in [7, 11) is 3.17. The molecule has 0 saturated carbocycles. The Kier molecular flexibility index (Phi) is 12.0. The average Bonchev–Trinajstić information content (AvgIpc) is 3.00. The van der Waals surface area contributed by atoms with Gasteiger partial charge in [-0.15, -0.1) is 0 Å². The number of halogens is 2. The fourth-order valence-corrected chi connectivity index (χ4v) is 4.55. The quantitative estimate of drug-likeness (QED) is 0.130. The molecule has 0 spiro atoms. The first kappa shape index (κ1) is 32.0. The Morgan fingerprint density at radius 3 is 1.35 bits per heavy atom. The van der Waals surface area contributed by atoms with E-state index < -0.39 is 0 Å². The number of hydrogen-bond acceptors (Lipinski definition) is 7. The van der Waals surface area contributed by atoms with E-state index in [2.05, 4.69) is 42.5 Å². The van der Waals surface area contributed by atoms with E-state index in [1.807, 2.05) is 12.1 Å². The van der Waals surface area contributed by atoms with Crippen LogP contribution in [0.5, 0.6) is 23.0 Å². The summed E-state index contributed by atoms with van der Waals surface area (Å²) in [5.74, 6) is 1.46. The largest absolute Gasteiger partial charge is 0.490 e. The van der Waals surface area contributed by atoms with Gasteiger partial charge in [-0.2, -0.15) is 0 Å². The van der Waals surface area contributed by atoms with Gasteiger partial charge in [-0.05, 0) is 84.9 Å². The molecule has 0 fully saturated rings. The molecule has 4 aromatic carbocycles. The zero-order valence-electron chi connectivity index (χ0n) is 23.5. The van der Waals surface area contributed by atoms with Crippen molar-refractivity contribution >= 4 is 55.0 Å². The molecule has 0 unspecified atom stereocenters. The number of nitrogens with one attached hydrogen (secondary N) is 2. The lowest BCUT2D eigenvalue weighted by atomic mass is 10.1. The summed E-state index contributed by atoms with van der Waals surface area (Å²) in [5.41, 5.74) is 1.98. The molecule has 0 aliphatic heterocycles. The zero-order valence-corrected chi connectivity index (χ0v) is 26.7. The van der Waals surface area contributed by atoms with Gasteiger partial charge in [-0.1, -0.05) is 31.9 Å². The van der Waals surface area contributed by atoms with Crippen LogP contribution in [0.1, 0.15) is 20.7 Å². The Bertz CT molecular complexity index is 1420. The molecule has 0 saturated heterocycles. The molecule has 0 radical (unpaired) electrons. The van der Waals surface area contributed by atoms with Crippen molar-refractivity contribution in [3.05, 3.63) is 105 Å². The third kappa shape index (κ3) is 9.55. The highest BCUT2D eigenvalue weighted by atomic mass is 79.9. The van der Waals surface area contributed by atoms with Crippen LogP contribution in [0, 0.1) is 0 Å². The Balaban J connectivity index is 1.35. The van der Waals surface area contributed by atoms with Crippen LogP contribution >= 0.6 is 31.9 Å². The van der Waals surface area contributed by atoms with Crippen LogP contribution in [0.2, 0.25) is 0 Å². The van der Waals surface area contributed by atoms with E-state index in [9.17, 15) is 9.59 Å². The van der Waals surface area contributed by atoms with Gasteiger partial charge in [0, 0.05) is 34.5 Å². The first-order valence-electron chi connectivity index (χ1n) is 13.2. The summed E-state index contributed by atoms with van der Waals surface area (Å²) in [4.78, 5) is 25.9. The fraction of sp³-hybridized carbons (Fsp3) is 0.188. The minimum Gasteiger partial charge on any atom is -0.490 e. The van der Waals surface area contributed by atoms with E-state index >= 15 is 0 Å². The van der Waals surface area contributed by atoms with Crippen LogP contribution in [-0.2, 0) is 9.47 Å². The lowest BCUT2D eigenvalue weighted by Gasteiger charge is -2.13. The third-order valence-electron chi connectivity index (χ3n) is 5.92. The molecule has 11 heteroatoms. The Morgan fingerprint density at radius 2 is 0.977 bits per heavy atom. The lowest BCUT2D eigenvalue weighted by Crippen LogP contribution is -2.15. The van der Waals surface area contributed by atoms with E-state index in [0.717, 1.165) is 8.95 Å². The number of methoxy groups -OCH3 is 2. The second kappa shape index (κ2) is 16.1. The van der Waals surface area contributed by atoms with Gasteiger partial charge in [0.2, 0.25) is 0 Å². The molecule has 2 N–H and O–H groups in total. The molecule has 9 nitrogen and oxygen atoms in total. The van der Waals surface area contributed by atoms with Crippen LogP contribution in [0.15, 0.2) is 93.9 Å². The first-order valence-corrected chi connectivity index (χ1v) is 14.8. The minimum atomic E-state index is -0.309. The zero-order chi connectivity index (χ0) is 30.6. The van der Waals surface area contributed by atoms with Crippen molar-refractivity contribution in [3.63, 3.8) is 0 Å². The molecular weight excluding hydrogens is 684 g/mol. The summed E-state index contributed by atoms with van der Waals surface area (Å²) in [6.45, 7) is 1.48. The number of anilines is 2. The van der Waals surface area contributed by atoms with Crippen molar-refractivity contribution in [1.82, 2.24) is 0 Å². The first-order chi connectivity index (χ1) is 20.9. The molecule has 0 aliphatic carbocycles. The number of carbonyl (C=O) groups is 2. The van der Waals surface area contributed by atoms with Gasteiger partial charge in [-0.25, -0.2) is 0 Å². The second-order valence-corrected chi connectivity index (χ2v) is 10.9. The van der Waals surface area contributed by atoms with E-state index in [1.54, 1.807) is 87.0 Å². The molecule has 0 aliphatic rings. The molecule has 0 aromatic heterocycles. The summed E-state index contributed by atoms with van der Waals surface area (Å²) in [6, 6.07) is 24.5. The topological polar surface area (TPSA) is 104 Å². The molecular formula is C32H30Br2N2O7. The maximum Gasteiger partial charge on any atom is 0.259 e. The normalized spacial score (nSPS) is 10.6. The Morgan fingerprint density at radius 1 is 0.581 bits per heavy atom. The molecule has 4 aromatic rings. The third-order valence-corrected chi connectivity index (χ3v) is 6.91. The van der Waals surface area contributed by atoms with Crippen molar-refractivity contribution in [1.29, 1.82) is 0 Å². The lowest BCUT2D eigenvalue weighted by molar-refractivity contribution is 0.101.